The first-order valence-corrected chi connectivity index (χ1v) is 11.2. The lowest BCUT2D eigenvalue weighted by Crippen LogP contribution is -2.34. The van der Waals surface area contributed by atoms with Crippen molar-refractivity contribution >= 4 is 29.6 Å². The normalized spacial score (nSPS) is 10.6. The monoisotopic (exact) mass is 511 g/mol. The molecule has 0 saturated carbocycles. The van der Waals surface area contributed by atoms with Crippen LogP contribution in [-0.4, -0.2) is 45.9 Å². The SMILES string of the molecule is COc1cc(C(=O)NCC(=O)NN=Cc2ccc(OCc3ccc(Cl)cc3)cc2)cc(OC)c1OC. The second-order valence-corrected chi connectivity index (χ2v) is 7.81. The molecule has 3 aromatic rings. The Bertz CT molecular complexity index is 1190. The van der Waals surface area contributed by atoms with E-state index in [4.69, 9.17) is 30.5 Å². The van der Waals surface area contributed by atoms with Gasteiger partial charge in [-0.3, -0.25) is 9.59 Å². The molecule has 0 heterocycles. The van der Waals surface area contributed by atoms with Gasteiger partial charge < -0.3 is 24.3 Å². The van der Waals surface area contributed by atoms with E-state index in [1.807, 2.05) is 24.3 Å². The number of hydrogen-bond acceptors (Lipinski definition) is 7. The standard InChI is InChI=1S/C26H26ClN3O6/c1-33-22-12-19(13-23(34-2)25(22)35-3)26(32)28-15-24(31)30-29-14-17-6-10-21(11-7-17)36-16-18-4-8-20(27)9-5-18/h4-14H,15-16H2,1-3H3,(H,28,32)(H,30,31). The number of nitrogens with zero attached hydrogens (tertiary/aromatic N) is 1. The van der Waals surface area contributed by atoms with Crippen molar-refractivity contribution < 1.29 is 28.5 Å². The molecule has 0 radical (unpaired) electrons. The van der Waals surface area contributed by atoms with E-state index < -0.39 is 11.8 Å². The molecule has 0 spiro atoms. The molecule has 0 saturated heterocycles. The molecule has 0 aliphatic heterocycles. The zero-order valence-corrected chi connectivity index (χ0v) is 20.8. The van der Waals surface area contributed by atoms with Crippen LogP contribution in [0.15, 0.2) is 65.8 Å². The lowest BCUT2D eigenvalue weighted by atomic mass is 10.1. The van der Waals surface area contributed by atoms with E-state index in [0.29, 0.717) is 34.6 Å². The van der Waals surface area contributed by atoms with Gasteiger partial charge >= 0.3 is 0 Å². The van der Waals surface area contributed by atoms with Gasteiger partial charge in [-0.05, 0) is 59.7 Å². The highest BCUT2D eigenvalue weighted by molar-refractivity contribution is 6.30. The molecule has 10 heteroatoms. The number of nitrogens with one attached hydrogen (secondary N) is 2. The van der Waals surface area contributed by atoms with Crippen LogP contribution >= 0.6 is 11.6 Å². The average Bonchev–Trinajstić information content (AvgIpc) is 2.91. The number of hydrazone groups is 1. The first-order valence-electron chi connectivity index (χ1n) is 10.8. The van der Waals surface area contributed by atoms with Crippen molar-refractivity contribution in [2.24, 2.45) is 5.10 Å². The van der Waals surface area contributed by atoms with Crippen LogP contribution in [0, 0.1) is 0 Å². The molecule has 3 aromatic carbocycles. The minimum atomic E-state index is -0.491. The van der Waals surface area contributed by atoms with E-state index in [1.54, 1.807) is 24.3 Å². The van der Waals surface area contributed by atoms with Crippen LogP contribution in [0.5, 0.6) is 23.0 Å². The molecular weight excluding hydrogens is 486 g/mol. The van der Waals surface area contributed by atoms with E-state index in [9.17, 15) is 9.59 Å². The minimum absolute atomic E-state index is 0.249. The largest absolute Gasteiger partial charge is 0.493 e. The lowest BCUT2D eigenvalue weighted by molar-refractivity contribution is -0.120. The maximum Gasteiger partial charge on any atom is 0.259 e. The number of ether oxygens (including phenoxy) is 4. The second kappa shape index (κ2) is 13.0. The third-order valence-corrected chi connectivity index (χ3v) is 5.19. The Hall–Kier alpha value is -4.24. The molecule has 0 aliphatic rings. The fourth-order valence-corrected chi connectivity index (χ4v) is 3.22. The van der Waals surface area contributed by atoms with Gasteiger partial charge in [0.25, 0.3) is 11.8 Å². The zero-order valence-electron chi connectivity index (χ0n) is 20.0. The van der Waals surface area contributed by atoms with Crippen LogP contribution in [0.2, 0.25) is 5.02 Å². The van der Waals surface area contributed by atoms with Crippen LogP contribution in [0.4, 0.5) is 0 Å². The molecule has 0 atom stereocenters. The Morgan fingerprint density at radius 1 is 0.917 bits per heavy atom. The number of rotatable bonds is 11. The summed E-state index contributed by atoms with van der Waals surface area (Å²) in [4.78, 5) is 24.5. The Labute approximate surface area is 214 Å². The second-order valence-electron chi connectivity index (χ2n) is 7.37. The summed E-state index contributed by atoms with van der Waals surface area (Å²) in [6.07, 6.45) is 1.49. The molecule has 2 N–H and O–H groups in total. The molecule has 36 heavy (non-hydrogen) atoms. The predicted octanol–water partition coefficient (Wildman–Crippen LogP) is 3.82. The van der Waals surface area contributed by atoms with Crippen LogP contribution < -0.4 is 29.7 Å². The summed E-state index contributed by atoms with van der Waals surface area (Å²) in [6.45, 7) is 0.146. The van der Waals surface area contributed by atoms with Crippen molar-refractivity contribution in [3.8, 4) is 23.0 Å². The van der Waals surface area contributed by atoms with Gasteiger partial charge in [0.05, 0.1) is 34.1 Å². The van der Waals surface area contributed by atoms with Gasteiger partial charge in [-0.15, -0.1) is 0 Å². The van der Waals surface area contributed by atoms with Crippen LogP contribution in [-0.2, 0) is 11.4 Å². The minimum Gasteiger partial charge on any atom is -0.493 e. The fraction of sp³-hybridized carbons (Fsp3) is 0.192. The van der Waals surface area contributed by atoms with Crippen LogP contribution in [0.25, 0.3) is 0 Å². The number of halogens is 1. The summed E-state index contributed by atoms with van der Waals surface area (Å²) in [5.74, 6) is 0.748. The van der Waals surface area contributed by atoms with E-state index >= 15 is 0 Å². The summed E-state index contributed by atoms with van der Waals surface area (Å²) >= 11 is 5.88. The van der Waals surface area contributed by atoms with Gasteiger partial charge in [0.2, 0.25) is 5.75 Å². The fourth-order valence-electron chi connectivity index (χ4n) is 3.09. The Kier molecular flexibility index (Phi) is 9.53. The van der Waals surface area contributed by atoms with E-state index in [-0.39, 0.29) is 12.1 Å². The van der Waals surface area contributed by atoms with E-state index in [1.165, 1.54) is 39.7 Å². The highest BCUT2D eigenvalue weighted by Crippen LogP contribution is 2.38. The maximum atomic E-state index is 12.5. The molecule has 188 valence electrons. The van der Waals surface area contributed by atoms with Crippen LogP contribution in [0.1, 0.15) is 21.5 Å². The Morgan fingerprint density at radius 2 is 1.56 bits per heavy atom. The third kappa shape index (κ3) is 7.38. The number of hydrogen-bond donors (Lipinski definition) is 2. The van der Waals surface area contributed by atoms with Crippen molar-refractivity contribution in [3.05, 3.63) is 82.4 Å². The van der Waals surface area contributed by atoms with Crippen molar-refractivity contribution in [1.29, 1.82) is 0 Å². The lowest BCUT2D eigenvalue weighted by Gasteiger charge is -2.14. The van der Waals surface area contributed by atoms with Crippen LogP contribution in [0.3, 0.4) is 0 Å². The quantitative estimate of drug-likeness (QED) is 0.299. The average molecular weight is 512 g/mol. The van der Waals surface area contributed by atoms with Crippen molar-refractivity contribution in [2.45, 2.75) is 6.61 Å². The summed E-state index contributed by atoms with van der Waals surface area (Å²) in [6, 6.07) is 17.6. The third-order valence-electron chi connectivity index (χ3n) is 4.94. The molecule has 0 fully saturated rings. The topological polar surface area (TPSA) is 107 Å². The first kappa shape index (κ1) is 26.4. The van der Waals surface area contributed by atoms with Gasteiger partial charge in [-0.25, -0.2) is 5.43 Å². The molecular formula is C26H26ClN3O6. The number of benzene rings is 3. The molecule has 2 amide bonds. The van der Waals surface area contributed by atoms with Gasteiger partial charge in [0.1, 0.15) is 12.4 Å². The number of carbonyl (C=O) groups excluding carboxylic acids is 2. The van der Waals surface area contributed by atoms with Gasteiger partial charge in [-0.1, -0.05) is 23.7 Å². The summed E-state index contributed by atoms with van der Waals surface area (Å²) in [5, 5.41) is 7.12. The Morgan fingerprint density at radius 3 is 2.14 bits per heavy atom. The van der Waals surface area contributed by atoms with Crippen molar-refractivity contribution in [1.82, 2.24) is 10.7 Å². The zero-order chi connectivity index (χ0) is 25.9. The molecule has 9 nitrogen and oxygen atoms in total. The number of carbonyl (C=O) groups is 2. The molecule has 3 rings (SSSR count). The van der Waals surface area contributed by atoms with E-state index in [2.05, 4.69) is 15.8 Å². The first-order chi connectivity index (χ1) is 17.4. The summed E-state index contributed by atoms with van der Waals surface area (Å²) in [7, 11) is 4.37. The van der Waals surface area contributed by atoms with Gasteiger partial charge in [-0.2, -0.15) is 5.10 Å². The highest BCUT2D eigenvalue weighted by Gasteiger charge is 2.17. The Balaban J connectivity index is 1.46. The maximum absolute atomic E-state index is 12.5. The van der Waals surface area contributed by atoms with Gasteiger partial charge in [0, 0.05) is 10.6 Å². The predicted molar refractivity (Wildman–Crippen MR) is 136 cm³/mol. The molecule has 0 aliphatic carbocycles. The van der Waals surface area contributed by atoms with E-state index in [0.717, 1.165) is 11.1 Å². The van der Waals surface area contributed by atoms with Crippen molar-refractivity contribution in [3.63, 3.8) is 0 Å². The molecule has 0 aromatic heterocycles. The number of methoxy groups -OCH3 is 3. The summed E-state index contributed by atoms with van der Waals surface area (Å²) < 4.78 is 21.5. The summed E-state index contributed by atoms with van der Waals surface area (Å²) in [5.41, 5.74) is 4.39. The smallest absolute Gasteiger partial charge is 0.259 e. The highest BCUT2D eigenvalue weighted by atomic mass is 35.5. The molecule has 0 bridgehead atoms. The number of amides is 2. The van der Waals surface area contributed by atoms with Crippen molar-refractivity contribution in [2.75, 3.05) is 27.9 Å². The van der Waals surface area contributed by atoms with Gasteiger partial charge in [0.15, 0.2) is 11.5 Å². The molecule has 0 unspecified atom stereocenters.